The highest BCUT2D eigenvalue weighted by Crippen LogP contribution is 2.21. The average molecular weight is 132 g/mol. The molecule has 0 N–H and O–H groups in total. The highest BCUT2D eigenvalue weighted by Gasteiger charge is 2.14. The number of halogens is 2. The third-order valence-corrected chi connectivity index (χ3v) is 1.24. The van der Waals surface area contributed by atoms with Crippen molar-refractivity contribution in [3.63, 3.8) is 0 Å². The van der Waals surface area contributed by atoms with Crippen LogP contribution >= 0.6 is 11.6 Å². The van der Waals surface area contributed by atoms with Crippen molar-refractivity contribution < 1.29 is 4.39 Å². The highest BCUT2D eigenvalue weighted by molar-refractivity contribution is 6.29. The Balaban J connectivity index is 2.59. The Bertz CT molecular complexity index is 112. The maximum atomic E-state index is 12.3. The lowest BCUT2D eigenvalue weighted by molar-refractivity contribution is 0.441. The standard InChI is InChI=1S/C6H5ClF/c7-5-3-1-2-4-6(5)8/h1-4,6H. The fourth-order valence-electron chi connectivity index (χ4n) is 0.493. The summed E-state index contributed by atoms with van der Waals surface area (Å²) in [6, 6.07) is 0. The van der Waals surface area contributed by atoms with Crippen LogP contribution in [0.1, 0.15) is 0 Å². The quantitative estimate of drug-likeness (QED) is 0.473. The topological polar surface area (TPSA) is 0 Å². The van der Waals surface area contributed by atoms with Crippen molar-refractivity contribution >= 4 is 11.6 Å². The monoisotopic (exact) mass is 131 g/mol. The molecule has 0 bridgehead atoms. The molecule has 0 nitrogen and oxygen atoms in total. The zero-order valence-electron chi connectivity index (χ0n) is 4.14. The Hall–Kier alpha value is -0.300. The fraction of sp³-hybridized carbons (Fsp3) is 0.167. The van der Waals surface area contributed by atoms with Gasteiger partial charge in [-0.3, -0.25) is 0 Å². The molecular weight excluding hydrogens is 127 g/mol. The van der Waals surface area contributed by atoms with Gasteiger partial charge in [-0.05, 0) is 6.08 Å². The van der Waals surface area contributed by atoms with Crippen molar-refractivity contribution in [2.75, 3.05) is 0 Å². The van der Waals surface area contributed by atoms with Gasteiger partial charge < -0.3 is 0 Å². The summed E-state index contributed by atoms with van der Waals surface area (Å²) in [5.74, 6) is 0. The van der Waals surface area contributed by atoms with Crippen LogP contribution in [0.15, 0.2) is 24.3 Å². The molecule has 0 spiro atoms. The van der Waals surface area contributed by atoms with Crippen molar-refractivity contribution in [1.82, 2.24) is 0 Å². The van der Waals surface area contributed by atoms with E-state index in [9.17, 15) is 4.39 Å². The van der Waals surface area contributed by atoms with Gasteiger partial charge in [0.1, 0.15) is 11.5 Å². The molecule has 1 unspecified atom stereocenters. The number of alkyl halides is 1. The van der Waals surface area contributed by atoms with E-state index in [-0.39, 0.29) is 5.38 Å². The molecule has 8 heavy (non-hydrogen) atoms. The first-order chi connectivity index (χ1) is 3.80. The SMILES string of the molecule is FC1C=CC=C[C]1Cl. The lowest BCUT2D eigenvalue weighted by Gasteiger charge is -2.06. The van der Waals surface area contributed by atoms with Gasteiger partial charge in [-0.25, -0.2) is 4.39 Å². The van der Waals surface area contributed by atoms with E-state index in [1.807, 2.05) is 0 Å². The van der Waals surface area contributed by atoms with E-state index in [1.54, 1.807) is 18.2 Å². The first kappa shape index (κ1) is 5.83. The first-order valence-electron chi connectivity index (χ1n) is 2.32. The number of allylic oxidation sites excluding steroid dienone is 4. The van der Waals surface area contributed by atoms with Crippen LogP contribution in [0.5, 0.6) is 0 Å². The van der Waals surface area contributed by atoms with E-state index in [4.69, 9.17) is 11.6 Å². The van der Waals surface area contributed by atoms with E-state index in [0.717, 1.165) is 0 Å². The molecule has 43 valence electrons. The molecule has 1 aliphatic rings. The van der Waals surface area contributed by atoms with E-state index in [0.29, 0.717) is 0 Å². The Morgan fingerprint density at radius 3 is 2.62 bits per heavy atom. The van der Waals surface area contributed by atoms with Crippen LogP contribution in [0, 0.1) is 5.38 Å². The van der Waals surface area contributed by atoms with Gasteiger partial charge in [0.25, 0.3) is 0 Å². The number of hydrogen-bond acceptors (Lipinski definition) is 0. The molecule has 0 amide bonds. The summed E-state index contributed by atoms with van der Waals surface area (Å²) in [5.41, 5.74) is 0. The summed E-state index contributed by atoms with van der Waals surface area (Å²) >= 11 is 5.37. The summed E-state index contributed by atoms with van der Waals surface area (Å²) < 4.78 is 12.3. The molecule has 0 heterocycles. The molecule has 2 heteroatoms. The van der Waals surface area contributed by atoms with E-state index in [2.05, 4.69) is 0 Å². The Labute approximate surface area is 52.6 Å². The van der Waals surface area contributed by atoms with Crippen LogP contribution < -0.4 is 0 Å². The van der Waals surface area contributed by atoms with Gasteiger partial charge in [0.2, 0.25) is 0 Å². The van der Waals surface area contributed by atoms with Crippen LogP contribution in [0.2, 0.25) is 0 Å². The second-order valence-electron chi connectivity index (χ2n) is 1.53. The highest BCUT2D eigenvalue weighted by atomic mass is 35.5. The van der Waals surface area contributed by atoms with E-state index < -0.39 is 6.17 Å². The van der Waals surface area contributed by atoms with Crippen LogP contribution in [0.3, 0.4) is 0 Å². The normalized spacial score (nSPS) is 29.0. The fourth-order valence-corrected chi connectivity index (χ4v) is 0.639. The molecular formula is C6H5ClF. The summed E-state index contributed by atoms with van der Waals surface area (Å²) in [6.45, 7) is 0. The maximum Gasteiger partial charge on any atom is 0.143 e. The molecule has 1 atom stereocenters. The van der Waals surface area contributed by atoms with Gasteiger partial charge in [0, 0.05) is 0 Å². The second-order valence-corrected chi connectivity index (χ2v) is 1.97. The molecule has 0 saturated heterocycles. The van der Waals surface area contributed by atoms with Crippen molar-refractivity contribution in [3.05, 3.63) is 29.7 Å². The van der Waals surface area contributed by atoms with Gasteiger partial charge in [-0.2, -0.15) is 0 Å². The minimum Gasteiger partial charge on any atom is -0.241 e. The average Bonchev–Trinajstić information content (AvgIpc) is 1.77. The Morgan fingerprint density at radius 2 is 2.25 bits per heavy atom. The van der Waals surface area contributed by atoms with Crippen LogP contribution in [-0.4, -0.2) is 6.17 Å². The zero-order valence-corrected chi connectivity index (χ0v) is 4.90. The van der Waals surface area contributed by atoms with Crippen LogP contribution in [0.4, 0.5) is 4.39 Å². The maximum absolute atomic E-state index is 12.3. The Morgan fingerprint density at radius 1 is 1.50 bits per heavy atom. The zero-order chi connectivity index (χ0) is 5.98. The lowest BCUT2D eigenvalue weighted by Crippen LogP contribution is -2.03. The second kappa shape index (κ2) is 2.31. The summed E-state index contributed by atoms with van der Waals surface area (Å²) in [7, 11) is 0. The number of hydrogen-bond donors (Lipinski definition) is 0. The predicted molar refractivity (Wildman–Crippen MR) is 32.3 cm³/mol. The number of rotatable bonds is 0. The smallest absolute Gasteiger partial charge is 0.143 e. The third-order valence-electron chi connectivity index (χ3n) is 0.910. The first-order valence-corrected chi connectivity index (χ1v) is 2.70. The van der Waals surface area contributed by atoms with Crippen LogP contribution in [0.25, 0.3) is 0 Å². The molecule has 0 fully saturated rings. The summed E-state index contributed by atoms with van der Waals surface area (Å²) in [6.07, 6.45) is 5.21. The predicted octanol–water partition coefficient (Wildman–Crippen LogP) is 2.22. The molecule has 0 aromatic heterocycles. The largest absolute Gasteiger partial charge is 0.241 e. The molecule has 0 aliphatic heterocycles. The minimum absolute atomic E-state index is 0.257. The molecule has 0 saturated carbocycles. The molecule has 1 aliphatic carbocycles. The minimum atomic E-state index is -1.08. The van der Waals surface area contributed by atoms with Gasteiger partial charge >= 0.3 is 0 Å². The molecule has 0 aromatic rings. The molecule has 0 aromatic carbocycles. The third kappa shape index (κ3) is 1.10. The van der Waals surface area contributed by atoms with Gasteiger partial charge in [0.15, 0.2) is 0 Å². The van der Waals surface area contributed by atoms with Gasteiger partial charge in [-0.1, -0.05) is 18.2 Å². The van der Waals surface area contributed by atoms with Crippen molar-refractivity contribution in [3.8, 4) is 0 Å². The van der Waals surface area contributed by atoms with E-state index in [1.165, 1.54) is 6.08 Å². The van der Waals surface area contributed by atoms with Crippen molar-refractivity contribution in [2.24, 2.45) is 0 Å². The molecule has 1 radical (unpaired) electrons. The summed E-state index contributed by atoms with van der Waals surface area (Å²) in [4.78, 5) is 0. The van der Waals surface area contributed by atoms with Crippen molar-refractivity contribution in [2.45, 2.75) is 6.17 Å². The van der Waals surface area contributed by atoms with Gasteiger partial charge in [-0.15, -0.1) is 11.6 Å². The van der Waals surface area contributed by atoms with Crippen molar-refractivity contribution in [1.29, 1.82) is 0 Å². The summed E-state index contributed by atoms with van der Waals surface area (Å²) in [5, 5.41) is 0.257. The Kier molecular flexibility index (Phi) is 1.69. The van der Waals surface area contributed by atoms with E-state index >= 15 is 0 Å². The molecule has 1 rings (SSSR count). The van der Waals surface area contributed by atoms with Crippen LogP contribution in [-0.2, 0) is 0 Å². The van der Waals surface area contributed by atoms with Gasteiger partial charge in [0.05, 0.1) is 0 Å². The lowest BCUT2D eigenvalue weighted by atomic mass is 10.2.